The van der Waals surface area contributed by atoms with Crippen molar-refractivity contribution in [3.63, 3.8) is 0 Å². The summed E-state index contributed by atoms with van der Waals surface area (Å²) in [7, 11) is 0. The van der Waals surface area contributed by atoms with Gasteiger partial charge in [-0.25, -0.2) is 4.79 Å². The highest BCUT2D eigenvalue weighted by Gasteiger charge is 2.62. The van der Waals surface area contributed by atoms with Crippen LogP contribution in [0.2, 0.25) is 0 Å². The summed E-state index contributed by atoms with van der Waals surface area (Å²) in [5.74, 6) is 0. The smallest absolute Gasteiger partial charge is 0.408 e. The molecule has 0 bridgehead atoms. The molecule has 3 heteroatoms. The third-order valence-electron chi connectivity index (χ3n) is 4.55. The molecule has 0 saturated carbocycles. The van der Waals surface area contributed by atoms with Crippen LogP contribution in [0.1, 0.15) is 47.1 Å². The predicted octanol–water partition coefficient (Wildman–Crippen LogP) is 4.17. The van der Waals surface area contributed by atoms with Crippen molar-refractivity contribution in [3.8, 4) is 0 Å². The van der Waals surface area contributed by atoms with Gasteiger partial charge in [-0.2, -0.15) is 0 Å². The van der Waals surface area contributed by atoms with Gasteiger partial charge < -0.3 is 10.1 Å². The first-order valence-corrected chi connectivity index (χ1v) is 7.61. The van der Waals surface area contributed by atoms with Crippen molar-refractivity contribution in [2.24, 2.45) is 10.8 Å². The molecule has 0 aromatic heterocycles. The fourth-order valence-corrected chi connectivity index (χ4v) is 4.01. The maximum absolute atomic E-state index is 12.0. The van der Waals surface area contributed by atoms with E-state index in [1.165, 1.54) is 5.56 Å². The zero-order valence-corrected chi connectivity index (χ0v) is 14.0. The van der Waals surface area contributed by atoms with E-state index in [0.717, 1.165) is 6.42 Å². The van der Waals surface area contributed by atoms with Gasteiger partial charge in [-0.05, 0) is 12.0 Å². The molecule has 1 N–H and O–H groups in total. The van der Waals surface area contributed by atoms with Crippen molar-refractivity contribution >= 4 is 6.09 Å². The van der Waals surface area contributed by atoms with Gasteiger partial charge >= 0.3 is 6.09 Å². The van der Waals surface area contributed by atoms with Crippen molar-refractivity contribution in [3.05, 3.63) is 35.9 Å². The summed E-state index contributed by atoms with van der Waals surface area (Å²) in [4.78, 5) is 12.0. The number of ether oxygens (including phenoxy) is 1. The Kier molecular flexibility index (Phi) is 3.81. The number of hydrogen-bond acceptors (Lipinski definition) is 2. The summed E-state index contributed by atoms with van der Waals surface area (Å²) in [5.41, 5.74) is 0.340. The number of cyclic esters (lactones) is 1. The SMILES string of the molecule is CC(C)(C)C1(C(C)(C)C)OC(=O)NC1Cc1ccccc1. The fraction of sp³-hybridized carbons (Fsp3) is 0.611. The van der Waals surface area contributed by atoms with Gasteiger partial charge in [0.2, 0.25) is 0 Å². The van der Waals surface area contributed by atoms with Crippen LogP contribution in [0.3, 0.4) is 0 Å². The standard InChI is InChI=1S/C18H27NO2/c1-16(2,3)18(17(4,5)6)14(19-15(20)21-18)12-13-10-8-7-9-11-13/h7-11,14H,12H2,1-6H3,(H,19,20). The molecule has 1 aromatic carbocycles. The molecule has 1 aromatic rings. The second-order valence-corrected chi connectivity index (χ2v) is 8.01. The third-order valence-corrected chi connectivity index (χ3v) is 4.55. The minimum atomic E-state index is -0.549. The molecule has 0 spiro atoms. The lowest BCUT2D eigenvalue weighted by atomic mass is 9.58. The maximum atomic E-state index is 12.0. The van der Waals surface area contributed by atoms with Crippen LogP contribution >= 0.6 is 0 Å². The molecule has 1 fully saturated rings. The molecule has 0 radical (unpaired) electrons. The van der Waals surface area contributed by atoms with Gasteiger partial charge in [0, 0.05) is 10.8 Å². The van der Waals surface area contributed by atoms with Crippen molar-refractivity contribution in [2.45, 2.75) is 59.6 Å². The second kappa shape index (κ2) is 5.04. The van der Waals surface area contributed by atoms with Crippen molar-refractivity contribution in [2.75, 3.05) is 0 Å². The zero-order valence-electron chi connectivity index (χ0n) is 14.0. The summed E-state index contributed by atoms with van der Waals surface area (Å²) in [6, 6.07) is 10.2. The maximum Gasteiger partial charge on any atom is 0.408 e. The largest absolute Gasteiger partial charge is 0.440 e. The highest BCUT2D eigenvalue weighted by Crippen LogP contribution is 2.51. The summed E-state index contributed by atoms with van der Waals surface area (Å²) in [6.45, 7) is 12.9. The molecule has 2 rings (SSSR count). The zero-order chi connectivity index (χ0) is 15.9. The van der Waals surface area contributed by atoms with Gasteiger partial charge in [0.25, 0.3) is 0 Å². The molecule has 1 unspecified atom stereocenters. The fourth-order valence-electron chi connectivity index (χ4n) is 4.01. The Morgan fingerprint density at radius 3 is 2.05 bits per heavy atom. The number of benzene rings is 1. The summed E-state index contributed by atoms with van der Waals surface area (Å²) >= 11 is 0. The van der Waals surface area contributed by atoms with Crippen LogP contribution in [0.4, 0.5) is 4.79 Å². The predicted molar refractivity (Wildman–Crippen MR) is 85.2 cm³/mol. The van der Waals surface area contributed by atoms with E-state index < -0.39 is 5.60 Å². The van der Waals surface area contributed by atoms with Crippen molar-refractivity contribution in [1.82, 2.24) is 5.32 Å². The lowest BCUT2D eigenvalue weighted by Crippen LogP contribution is -2.61. The minimum Gasteiger partial charge on any atom is -0.440 e. The second-order valence-electron chi connectivity index (χ2n) is 8.01. The van der Waals surface area contributed by atoms with E-state index in [4.69, 9.17) is 4.74 Å². The molecule has 1 heterocycles. The third kappa shape index (κ3) is 2.66. The van der Waals surface area contributed by atoms with Gasteiger partial charge in [-0.3, -0.25) is 0 Å². The first-order valence-electron chi connectivity index (χ1n) is 7.61. The van der Waals surface area contributed by atoms with Gasteiger partial charge in [0.1, 0.15) is 5.60 Å². The van der Waals surface area contributed by atoms with E-state index in [1.54, 1.807) is 0 Å². The molecular weight excluding hydrogens is 262 g/mol. The molecular formula is C18H27NO2. The number of amides is 1. The molecule has 1 aliphatic rings. The van der Waals surface area contributed by atoms with Gasteiger partial charge in [0.15, 0.2) is 0 Å². The van der Waals surface area contributed by atoms with E-state index in [9.17, 15) is 4.79 Å². The molecule has 1 aliphatic heterocycles. The van der Waals surface area contributed by atoms with Crippen LogP contribution in [-0.2, 0) is 11.2 Å². The first-order chi connectivity index (χ1) is 9.58. The Morgan fingerprint density at radius 2 is 1.57 bits per heavy atom. The lowest BCUT2D eigenvalue weighted by Gasteiger charge is -2.51. The average Bonchev–Trinajstić information content (AvgIpc) is 2.67. The van der Waals surface area contributed by atoms with E-state index >= 15 is 0 Å². The van der Waals surface area contributed by atoms with Crippen LogP contribution < -0.4 is 5.32 Å². The van der Waals surface area contributed by atoms with E-state index in [2.05, 4.69) is 59.0 Å². The normalized spacial score (nSPS) is 21.8. The number of carbonyl (C=O) groups is 1. The van der Waals surface area contributed by atoms with Crippen LogP contribution in [0.15, 0.2) is 30.3 Å². The van der Waals surface area contributed by atoms with Crippen molar-refractivity contribution in [1.29, 1.82) is 0 Å². The first kappa shape index (κ1) is 15.9. The van der Waals surface area contributed by atoms with E-state index in [0.29, 0.717) is 0 Å². The number of nitrogens with one attached hydrogen (secondary N) is 1. The summed E-state index contributed by atoms with van der Waals surface area (Å²) in [5, 5.41) is 3.05. The van der Waals surface area contributed by atoms with Crippen LogP contribution in [0.5, 0.6) is 0 Å². The summed E-state index contributed by atoms with van der Waals surface area (Å²) < 4.78 is 5.91. The lowest BCUT2D eigenvalue weighted by molar-refractivity contribution is -0.128. The number of hydrogen-bond donors (Lipinski definition) is 1. The molecule has 21 heavy (non-hydrogen) atoms. The topological polar surface area (TPSA) is 38.3 Å². The highest BCUT2D eigenvalue weighted by molar-refractivity contribution is 5.72. The number of alkyl carbamates (subject to hydrolysis) is 1. The monoisotopic (exact) mass is 289 g/mol. The molecule has 1 amide bonds. The van der Waals surface area contributed by atoms with Crippen LogP contribution in [-0.4, -0.2) is 17.7 Å². The quantitative estimate of drug-likeness (QED) is 0.887. The van der Waals surface area contributed by atoms with E-state index in [1.807, 2.05) is 18.2 Å². The Bertz CT molecular complexity index is 494. The van der Waals surface area contributed by atoms with Crippen molar-refractivity contribution < 1.29 is 9.53 Å². The number of rotatable bonds is 2. The Morgan fingerprint density at radius 1 is 1.05 bits per heavy atom. The number of carbonyl (C=O) groups excluding carboxylic acids is 1. The minimum absolute atomic E-state index is 0.0348. The Balaban J connectivity index is 2.44. The Hall–Kier alpha value is -1.51. The van der Waals surface area contributed by atoms with Gasteiger partial charge in [0.05, 0.1) is 6.04 Å². The average molecular weight is 289 g/mol. The Labute approximate surface area is 128 Å². The van der Waals surface area contributed by atoms with Gasteiger partial charge in [-0.15, -0.1) is 0 Å². The van der Waals surface area contributed by atoms with Crippen LogP contribution in [0.25, 0.3) is 0 Å². The summed E-state index contributed by atoms with van der Waals surface area (Å²) in [6.07, 6.45) is 0.474. The molecule has 3 nitrogen and oxygen atoms in total. The molecule has 1 atom stereocenters. The molecule has 1 saturated heterocycles. The van der Waals surface area contributed by atoms with E-state index in [-0.39, 0.29) is 23.0 Å². The molecule has 116 valence electrons. The van der Waals surface area contributed by atoms with Crippen LogP contribution in [0, 0.1) is 10.8 Å². The molecule has 0 aliphatic carbocycles. The van der Waals surface area contributed by atoms with Gasteiger partial charge in [-0.1, -0.05) is 71.9 Å². The highest BCUT2D eigenvalue weighted by atomic mass is 16.6.